The van der Waals surface area contributed by atoms with Crippen molar-refractivity contribution in [2.45, 2.75) is 96.9 Å². The molecule has 0 aromatic carbocycles. The van der Waals surface area contributed by atoms with E-state index in [1.807, 2.05) is 0 Å². The molecule has 0 aliphatic heterocycles. The third-order valence-electron chi connectivity index (χ3n) is 4.13. The number of rotatable bonds is 16. The van der Waals surface area contributed by atoms with Crippen LogP contribution in [0.4, 0.5) is 0 Å². The lowest BCUT2D eigenvalue weighted by molar-refractivity contribution is 0.136. The monoisotopic (exact) mass is 285 g/mol. The predicted molar refractivity (Wildman–Crippen MR) is 90.4 cm³/mol. The number of nitrogens with one attached hydrogen (secondary N) is 1. The van der Waals surface area contributed by atoms with Crippen LogP contribution in [0.3, 0.4) is 0 Å². The molecule has 0 spiro atoms. The zero-order chi connectivity index (χ0) is 14.9. The largest absolute Gasteiger partial charge is 0.382 e. The van der Waals surface area contributed by atoms with E-state index in [-0.39, 0.29) is 0 Å². The van der Waals surface area contributed by atoms with Crippen LogP contribution in [-0.4, -0.2) is 26.3 Å². The average Bonchev–Trinajstić information content (AvgIpc) is 2.47. The second-order valence-corrected chi connectivity index (χ2v) is 5.94. The fourth-order valence-corrected chi connectivity index (χ4v) is 2.68. The molecule has 0 aromatic heterocycles. The van der Waals surface area contributed by atoms with Gasteiger partial charge in [-0.15, -0.1) is 0 Å². The summed E-state index contributed by atoms with van der Waals surface area (Å²) in [7, 11) is 2.08. The molecule has 0 aliphatic rings. The molecule has 0 aromatic rings. The van der Waals surface area contributed by atoms with Crippen LogP contribution in [-0.2, 0) is 4.74 Å². The third kappa shape index (κ3) is 14.3. The molecule has 0 rings (SSSR count). The summed E-state index contributed by atoms with van der Waals surface area (Å²) < 4.78 is 5.43. The van der Waals surface area contributed by atoms with Gasteiger partial charge in [0.1, 0.15) is 0 Å². The van der Waals surface area contributed by atoms with Crippen molar-refractivity contribution in [3.8, 4) is 0 Å². The molecule has 1 unspecified atom stereocenters. The van der Waals surface area contributed by atoms with E-state index in [0.717, 1.165) is 19.6 Å². The van der Waals surface area contributed by atoms with E-state index in [0.29, 0.717) is 6.04 Å². The maximum atomic E-state index is 5.43. The van der Waals surface area contributed by atoms with Crippen molar-refractivity contribution in [1.29, 1.82) is 0 Å². The summed E-state index contributed by atoms with van der Waals surface area (Å²) in [6.45, 7) is 6.10. The summed E-state index contributed by atoms with van der Waals surface area (Å²) in [5, 5.41) is 3.41. The van der Waals surface area contributed by atoms with Gasteiger partial charge in [0.25, 0.3) is 0 Å². The maximum Gasteiger partial charge on any atom is 0.0480 e. The summed E-state index contributed by atoms with van der Waals surface area (Å²) in [6, 6.07) is 0.649. The minimum absolute atomic E-state index is 0.649. The molecule has 1 atom stereocenters. The minimum atomic E-state index is 0.649. The van der Waals surface area contributed by atoms with Gasteiger partial charge in [-0.1, -0.05) is 71.1 Å². The lowest BCUT2D eigenvalue weighted by Crippen LogP contribution is -2.26. The van der Waals surface area contributed by atoms with E-state index in [2.05, 4.69) is 26.2 Å². The minimum Gasteiger partial charge on any atom is -0.382 e. The molecule has 1 N–H and O–H groups in total. The summed E-state index contributed by atoms with van der Waals surface area (Å²) in [5.41, 5.74) is 0. The lowest BCUT2D eigenvalue weighted by Gasteiger charge is -2.15. The van der Waals surface area contributed by atoms with Gasteiger partial charge in [-0.25, -0.2) is 0 Å². The number of hydrogen-bond acceptors (Lipinski definition) is 2. The van der Waals surface area contributed by atoms with Crippen LogP contribution in [0.25, 0.3) is 0 Å². The van der Waals surface area contributed by atoms with Crippen molar-refractivity contribution in [3.63, 3.8) is 0 Å². The Kier molecular flexibility index (Phi) is 16.9. The van der Waals surface area contributed by atoms with E-state index in [9.17, 15) is 0 Å². The average molecular weight is 286 g/mol. The van der Waals surface area contributed by atoms with Gasteiger partial charge >= 0.3 is 0 Å². The van der Waals surface area contributed by atoms with Gasteiger partial charge in [0.15, 0.2) is 0 Å². The number of unbranched alkanes of at least 4 members (excludes halogenated alkanes) is 9. The van der Waals surface area contributed by atoms with Crippen LogP contribution >= 0.6 is 0 Å². The summed E-state index contributed by atoms with van der Waals surface area (Å²) in [5.74, 6) is 0. The van der Waals surface area contributed by atoms with E-state index >= 15 is 0 Å². The Morgan fingerprint density at radius 2 is 1.30 bits per heavy atom. The van der Waals surface area contributed by atoms with Crippen molar-refractivity contribution in [2.75, 3.05) is 20.3 Å². The Balaban J connectivity index is 3.20. The van der Waals surface area contributed by atoms with Crippen LogP contribution in [0.5, 0.6) is 0 Å². The highest BCUT2D eigenvalue weighted by molar-refractivity contribution is 4.64. The normalized spacial score (nSPS) is 12.8. The number of hydrogen-bond donors (Lipinski definition) is 1. The van der Waals surface area contributed by atoms with Gasteiger partial charge in [0.05, 0.1) is 0 Å². The quantitative estimate of drug-likeness (QED) is 0.388. The highest BCUT2D eigenvalue weighted by Crippen LogP contribution is 2.12. The Hall–Kier alpha value is -0.0800. The highest BCUT2D eigenvalue weighted by atomic mass is 16.5. The molecule has 2 heteroatoms. The van der Waals surface area contributed by atoms with Gasteiger partial charge in [-0.3, -0.25) is 0 Å². The highest BCUT2D eigenvalue weighted by Gasteiger charge is 2.05. The summed E-state index contributed by atoms with van der Waals surface area (Å²) in [4.78, 5) is 0. The van der Waals surface area contributed by atoms with E-state index in [1.54, 1.807) is 0 Å². The second-order valence-electron chi connectivity index (χ2n) is 5.94. The molecule has 0 amide bonds. The molecular formula is C18H39NO. The maximum absolute atomic E-state index is 5.43. The zero-order valence-corrected chi connectivity index (χ0v) is 14.4. The fourth-order valence-electron chi connectivity index (χ4n) is 2.68. The van der Waals surface area contributed by atoms with Crippen LogP contribution in [0.2, 0.25) is 0 Å². The Bertz CT molecular complexity index is 173. The SMILES string of the molecule is CCCCCCCCCCCCC(CCOCC)NC. The lowest BCUT2D eigenvalue weighted by atomic mass is 10.0. The first-order valence-corrected chi connectivity index (χ1v) is 9.10. The summed E-state index contributed by atoms with van der Waals surface area (Å²) >= 11 is 0. The molecule has 0 fully saturated rings. The van der Waals surface area contributed by atoms with Crippen LogP contribution in [0, 0.1) is 0 Å². The molecule has 0 radical (unpaired) electrons. The molecule has 0 bridgehead atoms. The van der Waals surface area contributed by atoms with Crippen molar-refractivity contribution in [1.82, 2.24) is 5.32 Å². The molecule has 0 saturated carbocycles. The zero-order valence-electron chi connectivity index (χ0n) is 14.4. The Labute approximate surface area is 128 Å². The van der Waals surface area contributed by atoms with Gasteiger partial charge in [-0.05, 0) is 26.8 Å². The van der Waals surface area contributed by atoms with E-state index in [1.165, 1.54) is 70.6 Å². The van der Waals surface area contributed by atoms with Crippen molar-refractivity contribution >= 4 is 0 Å². The van der Waals surface area contributed by atoms with E-state index in [4.69, 9.17) is 4.74 Å². The summed E-state index contributed by atoms with van der Waals surface area (Å²) in [6.07, 6.45) is 16.7. The second kappa shape index (κ2) is 17.0. The smallest absolute Gasteiger partial charge is 0.0480 e. The van der Waals surface area contributed by atoms with E-state index < -0.39 is 0 Å². The molecule has 0 saturated heterocycles. The van der Waals surface area contributed by atoms with Gasteiger partial charge in [0, 0.05) is 19.3 Å². The van der Waals surface area contributed by atoms with Crippen LogP contribution in [0.1, 0.15) is 90.9 Å². The van der Waals surface area contributed by atoms with Gasteiger partial charge in [-0.2, -0.15) is 0 Å². The van der Waals surface area contributed by atoms with Crippen molar-refractivity contribution in [3.05, 3.63) is 0 Å². The Morgan fingerprint density at radius 1 is 0.750 bits per heavy atom. The van der Waals surface area contributed by atoms with Crippen LogP contribution in [0.15, 0.2) is 0 Å². The third-order valence-corrected chi connectivity index (χ3v) is 4.13. The van der Waals surface area contributed by atoms with Gasteiger partial charge in [0.2, 0.25) is 0 Å². The number of ether oxygens (including phenoxy) is 1. The standard InChI is InChI=1S/C18H39NO/c1-4-6-7-8-9-10-11-12-13-14-15-18(19-3)16-17-20-5-2/h18-19H,4-17H2,1-3H3. The molecule has 20 heavy (non-hydrogen) atoms. The molecular weight excluding hydrogens is 246 g/mol. The first-order valence-electron chi connectivity index (χ1n) is 9.10. The molecule has 2 nitrogen and oxygen atoms in total. The van der Waals surface area contributed by atoms with Crippen LogP contribution < -0.4 is 5.32 Å². The molecule has 0 aliphatic carbocycles. The first kappa shape index (κ1) is 19.9. The Morgan fingerprint density at radius 3 is 1.80 bits per heavy atom. The first-order chi connectivity index (χ1) is 9.85. The van der Waals surface area contributed by atoms with Gasteiger partial charge < -0.3 is 10.1 Å². The molecule has 122 valence electrons. The topological polar surface area (TPSA) is 21.3 Å². The predicted octanol–water partition coefficient (Wildman–Crippen LogP) is 5.31. The fraction of sp³-hybridized carbons (Fsp3) is 1.00. The molecule has 0 heterocycles. The van der Waals surface area contributed by atoms with Crippen molar-refractivity contribution < 1.29 is 4.74 Å². The van der Waals surface area contributed by atoms with Crippen molar-refractivity contribution in [2.24, 2.45) is 0 Å².